The molecule has 1 fully saturated rings. The summed E-state index contributed by atoms with van der Waals surface area (Å²) in [4.78, 5) is 19.7. The number of halogens is 4. The third-order valence-electron chi connectivity index (χ3n) is 5.10. The standard InChI is InChI=1S/C18H20BrF3N2O3/c1-26-17(25)16(12-2-4-13(5-3-12)18(20,21)22)24-8-6-11(7-9-24)14-10-15(19)23-27-14/h2-5,11,14,16H,6-10H2,1H3/t14?,16-/m0/s1. The Bertz CT molecular complexity index is 701. The van der Waals surface area contributed by atoms with Gasteiger partial charge in [-0.2, -0.15) is 13.2 Å². The molecule has 3 rings (SSSR count). The molecular weight excluding hydrogens is 429 g/mol. The molecule has 0 spiro atoms. The predicted molar refractivity (Wildman–Crippen MR) is 96.4 cm³/mol. The molecule has 0 aromatic heterocycles. The molecule has 0 saturated carbocycles. The molecule has 27 heavy (non-hydrogen) atoms. The number of ether oxygens (including phenoxy) is 1. The number of esters is 1. The van der Waals surface area contributed by atoms with E-state index < -0.39 is 23.8 Å². The molecule has 1 saturated heterocycles. The average molecular weight is 449 g/mol. The Morgan fingerprint density at radius 3 is 2.41 bits per heavy atom. The Morgan fingerprint density at radius 1 is 1.30 bits per heavy atom. The second kappa shape index (κ2) is 8.18. The van der Waals surface area contributed by atoms with Crippen molar-refractivity contribution in [2.45, 2.75) is 37.6 Å². The summed E-state index contributed by atoms with van der Waals surface area (Å²) in [6, 6.07) is 3.98. The van der Waals surface area contributed by atoms with Gasteiger partial charge in [-0.1, -0.05) is 17.3 Å². The van der Waals surface area contributed by atoms with Crippen LogP contribution in [0.25, 0.3) is 0 Å². The van der Waals surface area contributed by atoms with Crippen LogP contribution < -0.4 is 0 Å². The maximum Gasteiger partial charge on any atom is 0.416 e. The van der Waals surface area contributed by atoms with Crippen molar-refractivity contribution in [3.8, 4) is 0 Å². The molecule has 5 nitrogen and oxygen atoms in total. The summed E-state index contributed by atoms with van der Waals surface area (Å²) < 4.78 is 44.1. The molecule has 1 aromatic rings. The van der Waals surface area contributed by atoms with Crippen LogP contribution in [0.15, 0.2) is 29.4 Å². The van der Waals surface area contributed by atoms with Gasteiger partial charge >= 0.3 is 12.1 Å². The topological polar surface area (TPSA) is 51.1 Å². The van der Waals surface area contributed by atoms with E-state index in [-0.39, 0.29) is 6.10 Å². The smallest absolute Gasteiger partial charge is 0.416 e. The Kier molecular flexibility index (Phi) is 6.10. The monoisotopic (exact) mass is 448 g/mol. The van der Waals surface area contributed by atoms with Gasteiger partial charge in [0.2, 0.25) is 0 Å². The zero-order valence-electron chi connectivity index (χ0n) is 14.7. The van der Waals surface area contributed by atoms with Gasteiger partial charge in [-0.05, 0) is 59.6 Å². The molecule has 0 aliphatic carbocycles. The van der Waals surface area contributed by atoms with Crippen LogP contribution in [-0.4, -0.2) is 41.8 Å². The summed E-state index contributed by atoms with van der Waals surface area (Å²) >= 11 is 3.33. The van der Waals surface area contributed by atoms with Gasteiger partial charge in [0.15, 0.2) is 0 Å². The van der Waals surface area contributed by atoms with E-state index in [2.05, 4.69) is 21.1 Å². The molecule has 1 unspecified atom stereocenters. The van der Waals surface area contributed by atoms with E-state index in [1.807, 2.05) is 4.90 Å². The molecular formula is C18H20BrF3N2O3. The van der Waals surface area contributed by atoms with Gasteiger partial charge in [0, 0.05) is 12.3 Å². The predicted octanol–water partition coefficient (Wildman–Crippen LogP) is 4.13. The summed E-state index contributed by atoms with van der Waals surface area (Å²) in [5, 5.41) is 3.92. The number of alkyl halides is 3. The van der Waals surface area contributed by atoms with Crippen molar-refractivity contribution in [3.05, 3.63) is 35.4 Å². The van der Waals surface area contributed by atoms with Crippen LogP contribution in [-0.2, 0) is 20.5 Å². The molecule has 0 N–H and O–H groups in total. The van der Waals surface area contributed by atoms with E-state index in [1.54, 1.807) is 0 Å². The van der Waals surface area contributed by atoms with Gasteiger partial charge < -0.3 is 9.57 Å². The van der Waals surface area contributed by atoms with E-state index in [4.69, 9.17) is 9.57 Å². The number of rotatable bonds is 4. The highest BCUT2D eigenvalue weighted by Gasteiger charge is 2.37. The molecule has 0 bridgehead atoms. The van der Waals surface area contributed by atoms with E-state index in [9.17, 15) is 18.0 Å². The number of likely N-dealkylation sites (tertiary alicyclic amines) is 1. The first-order valence-electron chi connectivity index (χ1n) is 8.67. The average Bonchev–Trinajstić information content (AvgIpc) is 3.08. The minimum Gasteiger partial charge on any atom is -0.468 e. The van der Waals surface area contributed by atoms with Crippen molar-refractivity contribution in [3.63, 3.8) is 0 Å². The third-order valence-corrected chi connectivity index (χ3v) is 5.57. The Morgan fingerprint density at radius 2 is 1.93 bits per heavy atom. The maximum absolute atomic E-state index is 12.8. The second-order valence-corrected chi connectivity index (χ2v) is 7.65. The SMILES string of the molecule is COC(=O)[C@H](c1ccc(C(F)(F)F)cc1)N1CCC(C2CC(Br)=NO2)CC1. The van der Waals surface area contributed by atoms with Crippen LogP contribution in [0.2, 0.25) is 0 Å². The van der Waals surface area contributed by atoms with Gasteiger partial charge in [-0.15, -0.1) is 0 Å². The van der Waals surface area contributed by atoms with Crippen molar-refractivity contribution in [1.29, 1.82) is 0 Å². The van der Waals surface area contributed by atoms with Crippen LogP contribution in [0.4, 0.5) is 13.2 Å². The van der Waals surface area contributed by atoms with E-state index in [0.717, 1.165) is 36.0 Å². The molecule has 2 aliphatic heterocycles. The first kappa shape index (κ1) is 20.1. The van der Waals surface area contributed by atoms with Gasteiger partial charge in [-0.3, -0.25) is 4.90 Å². The van der Waals surface area contributed by atoms with E-state index in [0.29, 0.717) is 24.6 Å². The number of nitrogens with zero attached hydrogens (tertiary/aromatic N) is 2. The number of benzene rings is 1. The summed E-state index contributed by atoms with van der Waals surface area (Å²) in [6.45, 7) is 1.26. The minimum absolute atomic E-state index is 0.0316. The normalized spacial score (nSPS) is 22.9. The van der Waals surface area contributed by atoms with Gasteiger partial charge in [0.25, 0.3) is 0 Å². The molecule has 2 atom stereocenters. The van der Waals surface area contributed by atoms with Crippen LogP contribution in [0, 0.1) is 5.92 Å². The molecule has 0 amide bonds. The zero-order valence-corrected chi connectivity index (χ0v) is 16.3. The number of carbonyl (C=O) groups is 1. The first-order chi connectivity index (χ1) is 12.8. The van der Waals surface area contributed by atoms with Crippen molar-refractivity contribution < 1.29 is 27.5 Å². The third kappa shape index (κ3) is 4.63. The van der Waals surface area contributed by atoms with Crippen LogP contribution in [0.5, 0.6) is 0 Å². The van der Waals surface area contributed by atoms with Crippen molar-refractivity contribution in [2.24, 2.45) is 11.1 Å². The Balaban J connectivity index is 1.70. The quantitative estimate of drug-likeness (QED) is 0.649. The number of hydrogen-bond donors (Lipinski definition) is 0. The Hall–Kier alpha value is -1.61. The van der Waals surface area contributed by atoms with Gasteiger partial charge in [0.1, 0.15) is 16.8 Å². The fraction of sp³-hybridized carbons (Fsp3) is 0.556. The van der Waals surface area contributed by atoms with Gasteiger partial charge in [0.05, 0.1) is 12.7 Å². The van der Waals surface area contributed by atoms with Crippen LogP contribution in [0.1, 0.15) is 36.4 Å². The van der Waals surface area contributed by atoms with Crippen molar-refractivity contribution in [1.82, 2.24) is 4.90 Å². The lowest BCUT2D eigenvalue weighted by Crippen LogP contribution is -2.42. The van der Waals surface area contributed by atoms with E-state index in [1.165, 1.54) is 19.2 Å². The zero-order chi connectivity index (χ0) is 19.6. The molecule has 2 aliphatic rings. The number of oxime groups is 1. The largest absolute Gasteiger partial charge is 0.468 e. The summed E-state index contributed by atoms with van der Waals surface area (Å²) in [5.41, 5.74) is -0.242. The Labute approximate surface area is 163 Å². The lowest BCUT2D eigenvalue weighted by molar-refractivity contribution is -0.148. The lowest BCUT2D eigenvalue weighted by atomic mass is 9.88. The van der Waals surface area contributed by atoms with Crippen LogP contribution >= 0.6 is 15.9 Å². The molecule has 148 valence electrons. The molecule has 0 radical (unpaired) electrons. The summed E-state index contributed by atoms with van der Waals surface area (Å²) in [5.74, 6) is -0.151. The lowest BCUT2D eigenvalue weighted by Gasteiger charge is -2.37. The van der Waals surface area contributed by atoms with Crippen molar-refractivity contribution >= 4 is 26.5 Å². The van der Waals surface area contributed by atoms with Crippen molar-refractivity contribution in [2.75, 3.05) is 20.2 Å². The number of hydrogen-bond acceptors (Lipinski definition) is 5. The highest BCUT2D eigenvalue weighted by atomic mass is 79.9. The highest BCUT2D eigenvalue weighted by molar-refractivity contribution is 9.18. The number of carbonyl (C=O) groups excluding carboxylic acids is 1. The fourth-order valence-corrected chi connectivity index (χ4v) is 4.03. The maximum atomic E-state index is 12.8. The van der Waals surface area contributed by atoms with E-state index >= 15 is 0 Å². The first-order valence-corrected chi connectivity index (χ1v) is 9.46. The fourth-order valence-electron chi connectivity index (χ4n) is 3.63. The molecule has 2 heterocycles. The highest BCUT2D eigenvalue weighted by Crippen LogP contribution is 2.34. The molecule has 9 heteroatoms. The summed E-state index contributed by atoms with van der Waals surface area (Å²) in [7, 11) is 1.29. The number of piperidine rings is 1. The second-order valence-electron chi connectivity index (χ2n) is 6.73. The van der Waals surface area contributed by atoms with Gasteiger partial charge in [-0.25, -0.2) is 4.79 Å². The number of methoxy groups -OCH3 is 1. The summed E-state index contributed by atoms with van der Waals surface area (Å²) in [6.07, 6.45) is -2.01. The minimum atomic E-state index is -4.41. The van der Waals surface area contributed by atoms with Crippen LogP contribution in [0.3, 0.4) is 0 Å². The molecule has 1 aromatic carbocycles.